The Morgan fingerprint density at radius 3 is 2.26 bits per heavy atom. The van der Waals surface area contributed by atoms with Crippen molar-refractivity contribution >= 4 is 41.1 Å². The molecule has 5 rings (SSSR count). The van der Waals surface area contributed by atoms with Gasteiger partial charge in [-0.3, -0.25) is 14.5 Å². The van der Waals surface area contributed by atoms with Gasteiger partial charge in [0.05, 0.1) is 12.2 Å². The quantitative estimate of drug-likeness (QED) is 0.304. The van der Waals surface area contributed by atoms with Crippen LogP contribution in [0, 0.1) is 0 Å². The summed E-state index contributed by atoms with van der Waals surface area (Å²) in [4.78, 5) is 40.8. The molecular formula is C28H23ClN2O6S. The molecule has 194 valence electrons. The molecule has 1 fully saturated rings. The first-order valence-electron chi connectivity index (χ1n) is 11.8. The average molecular weight is 551 g/mol. The molecule has 2 heterocycles. The summed E-state index contributed by atoms with van der Waals surface area (Å²) in [5.74, 6) is -1.94. The van der Waals surface area contributed by atoms with Crippen LogP contribution in [0.2, 0.25) is 5.02 Å². The summed E-state index contributed by atoms with van der Waals surface area (Å²) in [6.07, 6.45) is -0.731. The highest BCUT2D eigenvalue weighted by atomic mass is 35.5. The Balaban J connectivity index is 1.38. The summed E-state index contributed by atoms with van der Waals surface area (Å²) < 4.78 is 5.96. The highest BCUT2D eigenvalue weighted by molar-refractivity contribution is 8.00. The Kier molecular flexibility index (Phi) is 7.42. The van der Waals surface area contributed by atoms with E-state index in [9.17, 15) is 24.6 Å². The third kappa shape index (κ3) is 4.88. The minimum atomic E-state index is -0.926. The van der Waals surface area contributed by atoms with Gasteiger partial charge < -0.3 is 20.3 Å². The molecule has 0 unspecified atom stereocenters. The molecule has 2 aliphatic heterocycles. The van der Waals surface area contributed by atoms with E-state index in [0.717, 1.165) is 11.1 Å². The van der Waals surface area contributed by atoms with Crippen molar-refractivity contribution in [1.82, 2.24) is 10.2 Å². The average Bonchev–Trinajstić information content (AvgIpc) is 2.94. The number of nitrogens with one attached hydrogen (secondary N) is 1. The number of carbonyl (C=O) groups is 3. The van der Waals surface area contributed by atoms with Crippen molar-refractivity contribution in [2.75, 3.05) is 12.4 Å². The number of fused-ring (bicyclic) bond motifs is 1. The molecule has 3 aromatic rings. The zero-order chi connectivity index (χ0) is 26.8. The highest BCUT2D eigenvalue weighted by Crippen LogP contribution is 2.41. The summed E-state index contributed by atoms with van der Waals surface area (Å²) in [7, 11) is 0. The van der Waals surface area contributed by atoms with E-state index in [2.05, 4.69) is 5.32 Å². The smallest absolute Gasteiger partial charge is 0.356 e. The van der Waals surface area contributed by atoms with Crippen molar-refractivity contribution in [3.8, 4) is 5.75 Å². The normalized spacial score (nSPS) is 18.6. The molecule has 0 radical (unpaired) electrons. The number of aromatic hydroxyl groups is 1. The number of benzene rings is 3. The second-order valence-corrected chi connectivity index (χ2v) is 10.3. The molecule has 2 amide bonds. The van der Waals surface area contributed by atoms with Gasteiger partial charge in [0.2, 0.25) is 0 Å². The number of hydrogen-bond donors (Lipinski definition) is 3. The minimum absolute atomic E-state index is 0.0158. The van der Waals surface area contributed by atoms with E-state index < -0.39 is 41.9 Å². The van der Waals surface area contributed by atoms with Crippen LogP contribution in [0.4, 0.5) is 0 Å². The lowest BCUT2D eigenvalue weighted by Crippen LogP contribution is -2.70. The van der Waals surface area contributed by atoms with Gasteiger partial charge in [-0.15, -0.1) is 11.8 Å². The first-order valence-corrected chi connectivity index (χ1v) is 13.2. The maximum atomic E-state index is 13.6. The first-order chi connectivity index (χ1) is 18.4. The van der Waals surface area contributed by atoms with Gasteiger partial charge in [-0.1, -0.05) is 72.3 Å². The van der Waals surface area contributed by atoms with Crippen LogP contribution in [-0.2, 0) is 14.3 Å². The third-order valence-electron chi connectivity index (χ3n) is 6.35. The SMILES string of the molecule is O=C(OC(c1ccccc1)c1ccccc1)C1=C(CO)CS[C@@H]2[C@@H](NC(=O)c3ccc(Cl)cc3O)C(=O)N12. The van der Waals surface area contributed by atoms with E-state index in [-0.39, 0.29) is 27.8 Å². The van der Waals surface area contributed by atoms with Crippen molar-refractivity contribution in [2.24, 2.45) is 0 Å². The number of ether oxygens (including phenoxy) is 1. The Bertz CT molecular complexity index is 1380. The van der Waals surface area contributed by atoms with Crippen LogP contribution in [0.5, 0.6) is 5.75 Å². The van der Waals surface area contributed by atoms with Crippen LogP contribution in [0.1, 0.15) is 27.6 Å². The molecule has 8 nitrogen and oxygen atoms in total. The van der Waals surface area contributed by atoms with Crippen molar-refractivity contribution in [1.29, 1.82) is 0 Å². The van der Waals surface area contributed by atoms with Gasteiger partial charge in [0.1, 0.15) is 22.9 Å². The molecule has 0 aromatic heterocycles. The van der Waals surface area contributed by atoms with E-state index in [0.29, 0.717) is 5.57 Å². The van der Waals surface area contributed by atoms with Gasteiger partial charge in [-0.05, 0) is 34.9 Å². The number of amides is 2. The van der Waals surface area contributed by atoms with E-state index >= 15 is 0 Å². The second kappa shape index (κ2) is 10.9. The number of rotatable bonds is 7. The number of phenols is 1. The number of phenolic OH excluding ortho intramolecular Hbond substituents is 1. The van der Waals surface area contributed by atoms with Gasteiger partial charge in [-0.2, -0.15) is 0 Å². The van der Waals surface area contributed by atoms with Crippen LogP contribution >= 0.6 is 23.4 Å². The monoisotopic (exact) mass is 550 g/mol. The minimum Gasteiger partial charge on any atom is -0.507 e. The maximum absolute atomic E-state index is 13.6. The van der Waals surface area contributed by atoms with Crippen molar-refractivity contribution in [2.45, 2.75) is 17.5 Å². The Morgan fingerprint density at radius 2 is 1.68 bits per heavy atom. The first kappa shape index (κ1) is 25.8. The Labute approximate surface area is 227 Å². The fourth-order valence-electron chi connectivity index (χ4n) is 4.46. The van der Waals surface area contributed by atoms with Crippen LogP contribution in [0.15, 0.2) is 90.1 Å². The van der Waals surface area contributed by atoms with E-state index in [1.807, 2.05) is 60.7 Å². The van der Waals surface area contributed by atoms with Crippen LogP contribution in [0.25, 0.3) is 0 Å². The summed E-state index contributed by atoms with van der Waals surface area (Å²) in [6.45, 7) is -0.426. The molecule has 38 heavy (non-hydrogen) atoms. The molecule has 3 N–H and O–H groups in total. The number of hydrogen-bond acceptors (Lipinski definition) is 7. The molecule has 2 atom stereocenters. The number of carbonyl (C=O) groups excluding carboxylic acids is 3. The predicted molar refractivity (Wildman–Crippen MR) is 142 cm³/mol. The summed E-state index contributed by atoms with van der Waals surface area (Å²) in [5.41, 5.74) is 1.83. The van der Waals surface area contributed by atoms with E-state index in [1.165, 1.54) is 34.9 Å². The fraction of sp³-hybridized carbons (Fsp3) is 0.179. The molecular weight excluding hydrogens is 528 g/mol. The zero-order valence-electron chi connectivity index (χ0n) is 19.9. The zero-order valence-corrected chi connectivity index (χ0v) is 21.5. The van der Waals surface area contributed by atoms with E-state index in [4.69, 9.17) is 16.3 Å². The van der Waals surface area contributed by atoms with Crippen molar-refractivity contribution in [3.63, 3.8) is 0 Å². The molecule has 0 spiro atoms. The number of nitrogens with zero attached hydrogens (tertiary/aromatic N) is 1. The van der Waals surface area contributed by atoms with E-state index in [1.54, 1.807) is 0 Å². The molecule has 0 aliphatic carbocycles. The Morgan fingerprint density at radius 1 is 1.05 bits per heavy atom. The number of halogens is 1. The number of β-lactam (4-membered cyclic amide) rings is 1. The van der Waals surface area contributed by atoms with Gasteiger partial charge in [0.25, 0.3) is 11.8 Å². The van der Waals surface area contributed by atoms with Gasteiger partial charge in [0, 0.05) is 10.8 Å². The predicted octanol–water partition coefficient (Wildman–Crippen LogP) is 3.64. The lowest BCUT2D eigenvalue weighted by molar-refractivity contribution is -0.153. The molecule has 0 bridgehead atoms. The Hall–Kier alpha value is -3.79. The summed E-state index contributed by atoms with van der Waals surface area (Å²) in [6, 6.07) is 21.6. The molecule has 1 saturated heterocycles. The van der Waals surface area contributed by atoms with Gasteiger partial charge in [-0.25, -0.2) is 4.79 Å². The van der Waals surface area contributed by atoms with Gasteiger partial charge in [0.15, 0.2) is 6.10 Å². The largest absolute Gasteiger partial charge is 0.507 e. The fourth-order valence-corrected chi connectivity index (χ4v) is 5.96. The van der Waals surface area contributed by atoms with Crippen LogP contribution in [0.3, 0.4) is 0 Å². The van der Waals surface area contributed by atoms with Crippen LogP contribution in [-0.4, -0.2) is 56.7 Å². The van der Waals surface area contributed by atoms with Crippen LogP contribution < -0.4 is 5.32 Å². The second-order valence-electron chi connectivity index (χ2n) is 8.74. The van der Waals surface area contributed by atoms with Crippen molar-refractivity contribution in [3.05, 3.63) is 112 Å². The maximum Gasteiger partial charge on any atom is 0.356 e. The highest BCUT2D eigenvalue weighted by Gasteiger charge is 2.54. The number of thioether (sulfide) groups is 1. The molecule has 3 aromatic carbocycles. The number of aliphatic hydroxyl groups is 1. The standard InChI is InChI=1S/C28H23ClN2O6S/c29-19-11-12-20(21(33)13-19)25(34)30-22-26(35)31-23(18(14-32)15-38-27(22)31)28(36)37-24(16-7-3-1-4-8-16)17-9-5-2-6-10-17/h1-13,22,24,27,32-33H,14-15H2,(H,30,34)/t22-,27+/m0/s1. The molecule has 0 saturated carbocycles. The molecule has 2 aliphatic rings. The summed E-state index contributed by atoms with van der Waals surface area (Å²) >= 11 is 7.16. The lowest BCUT2D eigenvalue weighted by atomic mass is 10.0. The topological polar surface area (TPSA) is 116 Å². The van der Waals surface area contributed by atoms with Gasteiger partial charge >= 0.3 is 5.97 Å². The lowest BCUT2D eigenvalue weighted by Gasteiger charge is -2.49. The molecule has 10 heteroatoms. The number of esters is 1. The third-order valence-corrected chi connectivity index (χ3v) is 7.93. The van der Waals surface area contributed by atoms with Crippen molar-refractivity contribution < 1.29 is 29.3 Å². The summed E-state index contributed by atoms with van der Waals surface area (Å²) in [5, 5.41) is 22.4. The number of aliphatic hydroxyl groups excluding tert-OH is 1.